The number of aromatic nitrogens is 3. The number of nitrogens with zero attached hydrogens (tertiary/aromatic N) is 3. The van der Waals surface area contributed by atoms with Crippen LogP contribution in [-0.4, -0.2) is 19.6 Å². The Balaban J connectivity index is 1.99. The van der Waals surface area contributed by atoms with Gasteiger partial charge in [0.1, 0.15) is 17.4 Å². The minimum Gasteiger partial charge on any atom is -0.380 e. The molecule has 0 amide bonds. The normalized spacial score (nSPS) is 13.0. The first-order chi connectivity index (χ1) is 12.1. The Kier molecular flexibility index (Phi) is 3.98. The molecule has 0 radical (unpaired) electrons. The standard InChI is InChI=1S/C21H21N3O/c1-14(2)13-24-19-16-10-6-7-11-17(16)22-12-18(19)23-21(24)20(25)15-8-4-3-5-9-15/h3-12,14,20,25H,13H2,1-2H3. The van der Waals surface area contributed by atoms with Gasteiger partial charge in [-0.3, -0.25) is 4.98 Å². The van der Waals surface area contributed by atoms with E-state index in [4.69, 9.17) is 4.98 Å². The van der Waals surface area contributed by atoms with Crippen LogP contribution >= 0.6 is 0 Å². The molecule has 25 heavy (non-hydrogen) atoms. The molecular weight excluding hydrogens is 310 g/mol. The number of imidazole rings is 1. The number of para-hydroxylation sites is 1. The number of rotatable bonds is 4. The van der Waals surface area contributed by atoms with E-state index in [9.17, 15) is 5.11 Å². The van der Waals surface area contributed by atoms with Gasteiger partial charge in [-0.05, 0) is 17.5 Å². The zero-order valence-corrected chi connectivity index (χ0v) is 14.4. The minimum absolute atomic E-state index is 0.436. The Hall–Kier alpha value is -2.72. The summed E-state index contributed by atoms with van der Waals surface area (Å²) in [7, 11) is 0. The Bertz CT molecular complexity index is 1020. The Morgan fingerprint density at radius 2 is 1.68 bits per heavy atom. The number of hydrogen-bond acceptors (Lipinski definition) is 3. The number of aliphatic hydroxyl groups excluding tert-OH is 1. The van der Waals surface area contributed by atoms with Gasteiger partial charge in [-0.1, -0.05) is 62.4 Å². The lowest BCUT2D eigenvalue weighted by Crippen LogP contribution is -2.13. The molecule has 1 N–H and O–H groups in total. The molecule has 1 atom stereocenters. The SMILES string of the molecule is CC(C)Cn1c(C(O)c2ccccc2)nc2cnc3ccccc3c21. The van der Waals surface area contributed by atoms with Crippen LogP contribution in [-0.2, 0) is 6.54 Å². The summed E-state index contributed by atoms with van der Waals surface area (Å²) in [6.45, 7) is 5.14. The third-order valence-electron chi connectivity index (χ3n) is 4.42. The van der Waals surface area contributed by atoms with Gasteiger partial charge >= 0.3 is 0 Å². The smallest absolute Gasteiger partial charge is 0.143 e. The van der Waals surface area contributed by atoms with Crippen molar-refractivity contribution in [2.24, 2.45) is 5.92 Å². The van der Waals surface area contributed by atoms with Crippen LogP contribution in [0.4, 0.5) is 0 Å². The molecule has 0 bridgehead atoms. The first-order valence-electron chi connectivity index (χ1n) is 8.62. The zero-order chi connectivity index (χ0) is 17.4. The Morgan fingerprint density at radius 1 is 0.960 bits per heavy atom. The third kappa shape index (κ3) is 2.79. The van der Waals surface area contributed by atoms with E-state index in [1.165, 1.54) is 0 Å². The lowest BCUT2D eigenvalue weighted by atomic mass is 10.1. The molecule has 0 fully saturated rings. The molecule has 2 heterocycles. The van der Waals surface area contributed by atoms with Crippen molar-refractivity contribution >= 4 is 21.9 Å². The van der Waals surface area contributed by atoms with Crippen LogP contribution in [0.2, 0.25) is 0 Å². The average Bonchev–Trinajstić information content (AvgIpc) is 3.00. The second-order valence-corrected chi connectivity index (χ2v) is 6.80. The highest BCUT2D eigenvalue weighted by atomic mass is 16.3. The van der Waals surface area contributed by atoms with E-state index in [0.717, 1.165) is 34.0 Å². The summed E-state index contributed by atoms with van der Waals surface area (Å²) in [5, 5.41) is 12.0. The average molecular weight is 331 g/mol. The molecule has 0 aliphatic rings. The van der Waals surface area contributed by atoms with Gasteiger partial charge in [0.05, 0.1) is 17.2 Å². The molecule has 0 spiro atoms. The predicted molar refractivity (Wildman–Crippen MR) is 100 cm³/mol. The van der Waals surface area contributed by atoms with E-state index >= 15 is 0 Å². The molecule has 126 valence electrons. The number of pyridine rings is 1. The quantitative estimate of drug-likeness (QED) is 0.606. The van der Waals surface area contributed by atoms with E-state index in [-0.39, 0.29) is 0 Å². The second kappa shape index (κ2) is 6.30. The van der Waals surface area contributed by atoms with Gasteiger partial charge in [0.2, 0.25) is 0 Å². The van der Waals surface area contributed by atoms with Gasteiger partial charge in [0.25, 0.3) is 0 Å². The minimum atomic E-state index is -0.758. The van der Waals surface area contributed by atoms with Crippen molar-refractivity contribution in [3.63, 3.8) is 0 Å². The Labute approximate surface area is 146 Å². The number of fused-ring (bicyclic) bond motifs is 3. The van der Waals surface area contributed by atoms with Crippen molar-refractivity contribution in [2.45, 2.75) is 26.5 Å². The van der Waals surface area contributed by atoms with Crippen molar-refractivity contribution in [1.82, 2.24) is 14.5 Å². The van der Waals surface area contributed by atoms with E-state index in [0.29, 0.717) is 11.7 Å². The molecule has 0 saturated carbocycles. The monoisotopic (exact) mass is 331 g/mol. The zero-order valence-electron chi connectivity index (χ0n) is 14.4. The molecule has 4 rings (SSSR count). The van der Waals surface area contributed by atoms with E-state index in [2.05, 4.69) is 29.5 Å². The van der Waals surface area contributed by atoms with Crippen LogP contribution < -0.4 is 0 Å². The highest BCUT2D eigenvalue weighted by Gasteiger charge is 2.21. The molecular formula is C21H21N3O. The maximum Gasteiger partial charge on any atom is 0.143 e. The number of hydrogen-bond donors (Lipinski definition) is 1. The largest absolute Gasteiger partial charge is 0.380 e. The third-order valence-corrected chi connectivity index (χ3v) is 4.42. The highest BCUT2D eigenvalue weighted by Crippen LogP contribution is 2.30. The van der Waals surface area contributed by atoms with E-state index < -0.39 is 6.10 Å². The summed E-state index contributed by atoms with van der Waals surface area (Å²) in [4.78, 5) is 9.26. The van der Waals surface area contributed by atoms with E-state index in [1.54, 1.807) is 6.20 Å². The van der Waals surface area contributed by atoms with Crippen LogP contribution in [0, 0.1) is 5.92 Å². The first-order valence-corrected chi connectivity index (χ1v) is 8.62. The van der Waals surface area contributed by atoms with Gasteiger partial charge in [-0.25, -0.2) is 4.98 Å². The summed E-state index contributed by atoms with van der Waals surface area (Å²) in [5.41, 5.74) is 3.66. The molecule has 0 saturated heterocycles. The fraction of sp³-hybridized carbons (Fsp3) is 0.238. The molecule has 4 nitrogen and oxygen atoms in total. The number of benzene rings is 2. The lowest BCUT2D eigenvalue weighted by Gasteiger charge is -2.16. The molecule has 4 aromatic rings. The van der Waals surface area contributed by atoms with Gasteiger partial charge in [0.15, 0.2) is 0 Å². The maximum atomic E-state index is 11.0. The first kappa shape index (κ1) is 15.8. The van der Waals surface area contributed by atoms with Crippen LogP contribution in [0.1, 0.15) is 31.3 Å². The van der Waals surface area contributed by atoms with Gasteiger partial charge in [-0.2, -0.15) is 0 Å². The molecule has 4 heteroatoms. The van der Waals surface area contributed by atoms with E-state index in [1.807, 2.05) is 48.5 Å². The van der Waals surface area contributed by atoms with Crippen molar-refractivity contribution in [3.8, 4) is 0 Å². The molecule has 2 aromatic heterocycles. The van der Waals surface area contributed by atoms with Crippen LogP contribution in [0.3, 0.4) is 0 Å². The lowest BCUT2D eigenvalue weighted by molar-refractivity contribution is 0.203. The number of aliphatic hydroxyl groups is 1. The van der Waals surface area contributed by atoms with Crippen LogP contribution in [0.5, 0.6) is 0 Å². The Morgan fingerprint density at radius 3 is 2.44 bits per heavy atom. The fourth-order valence-corrected chi connectivity index (χ4v) is 3.32. The van der Waals surface area contributed by atoms with Crippen molar-refractivity contribution in [1.29, 1.82) is 0 Å². The summed E-state index contributed by atoms with van der Waals surface area (Å²) < 4.78 is 2.15. The van der Waals surface area contributed by atoms with Gasteiger partial charge in [0, 0.05) is 11.9 Å². The van der Waals surface area contributed by atoms with Crippen LogP contribution in [0.15, 0.2) is 60.8 Å². The topological polar surface area (TPSA) is 50.9 Å². The summed E-state index contributed by atoms with van der Waals surface area (Å²) >= 11 is 0. The second-order valence-electron chi connectivity index (χ2n) is 6.80. The summed E-state index contributed by atoms with van der Waals surface area (Å²) in [5.74, 6) is 1.11. The predicted octanol–water partition coefficient (Wildman–Crippen LogP) is 4.32. The maximum absolute atomic E-state index is 11.0. The highest BCUT2D eigenvalue weighted by molar-refractivity contribution is 6.02. The summed E-state index contributed by atoms with van der Waals surface area (Å²) in [6.07, 6.45) is 1.04. The van der Waals surface area contributed by atoms with Crippen LogP contribution in [0.25, 0.3) is 21.9 Å². The van der Waals surface area contributed by atoms with Crippen molar-refractivity contribution in [2.75, 3.05) is 0 Å². The summed E-state index contributed by atoms with van der Waals surface area (Å²) in [6, 6.07) is 17.8. The van der Waals surface area contributed by atoms with Gasteiger partial charge in [-0.15, -0.1) is 0 Å². The van der Waals surface area contributed by atoms with Crippen molar-refractivity contribution in [3.05, 3.63) is 72.2 Å². The molecule has 0 aliphatic carbocycles. The molecule has 0 aliphatic heterocycles. The van der Waals surface area contributed by atoms with Crippen molar-refractivity contribution < 1.29 is 5.11 Å². The molecule has 2 aromatic carbocycles. The molecule has 1 unspecified atom stereocenters. The fourth-order valence-electron chi connectivity index (χ4n) is 3.32. The van der Waals surface area contributed by atoms with Gasteiger partial charge < -0.3 is 9.67 Å².